The van der Waals surface area contributed by atoms with E-state index in [0.717, 1.165) is 32.3 Å². The average Bonchev–Trinajstić information content (AvgIpc) is 2.35. The Bertz CT molecular complexity index is 414. The Kier molecular flexibility index (Phi) is 3.59. The summed E-state index contributed by atoms with van der Waals surface area (Å²) >= 11 is 0. The minimum Gasteiger partial charge on any atom is -0.424 e. The van der Waals surface area contributed by atoms with Crippen molar-refractivity contribution >= 4 is 5.97 Å². The van der Waals surface area contributed by atoms with Crippen molar-refractivity contribution in [3.63, 3.8) is 0 Å². The van der Waals surface area contributed by atoms with Crippen LogP contribution in [0.25, 0.3) is 0 Å². The first-order chi connectivity index (χ1) is 9.84. The highest BCUT2D eigenvalue weighted by atomic mass is 19.3. The second kappa shape index (κ2) is 5.04. The minimum absolute atomic E-state index is 0.540. The first-order valence-electron chi connectivity index (χ1n) is 7.68. The van der Waals surface area contributed by atoms with Crippen molar-refractivity contribution in [3.05, 3.63) is 12.7 Å². The number of alkyl halides is 2. The van der Waals surface area contributed by atoms with E-state index in [1.54, 1.807) is 0 Å². The van der Waals surface area contributed by atoms with Crippen LogP contribution in [0.3, 0.4) is 0 Å². The molecule has 4 fully saturated rings. The van der Waals surface area contributed by atoms with Gasteiger partial charge in [0.05, 0.1) is 5.60 Å². The molecule has 0 N–H and O–H groups in total. The van der Waals surface area contributed by atoms with Gasteiger partial charge in [-0.2, -0.15) is 0 Å². The summed E-state index contributed by atoms with van der Waals surface area (Å²) in [5.41, 5.74) is -0.540. The molecule has 1 atom stereocenters. The lowest BCUT2D eigenvalue weighted by Crippen LogP contribution is -2.57. The maximum atomic E-state index is 13.4. The van der Waals surface area contributed by atoms with Crippen molar-refractivity contribution in [1.29, 1.82) is 0 Å². The van der Waals surface area contributed by atoms with Gasteiger partial charge in [-0.25, -0.2) is 13.6 Å². The van der Waals surface area contributed by atoms with Crippen molar-refractivity contribution in [2.45, 2.75) is 63.3 Å². The van der Waals surface area contributed by atoms with E-state index in [2.05, 4.69) is 6.58 Å². The molecular weight excluding hydrogens is 278 g/mol. The SMILES string of the molecule is C=CC(=O)OC(C)(OC12CC3CC(CC(C3)C1)C2)C(F)F. The molecule has 4 rings (SSSR count). The average molecular weight is 300 g/mol. The summed E-state index contributed by atoms with van der Waals surface area (Å²) < 4.78 is 37.5. The van der Waals surface area contributed by atoms with Crippen molar-refractivity contribution in [3.8, 4) is 0 Å². The van der Waals surface area contributed by atoms with Crippen LogP contribution >= 0.6 is 0 Å². The number of hydrogen-bond acceptors (Lipinski definition) is 3. The van der Waals surface area contributed by atoms with Crippen LogP contribution in [0.15, 0.2) is 12.7 Å². The van der Waals surface area contributed by atoms with Gasteiger partial charge in [0.1, 0.15) is 0 Å². The third-order valence-electron chi connectivity index (χ3n) is 5.27. The fourth-order valence-electron chi connectivity index (χ4n) is 4.94. The van der Waals surface area contributed by atoms with Gasteiger partial charge in [0.2, 0.25) is 0 Å². The Morgan fingerprint density at radius 2 is 1.71 bits per heavy atom. The summed E-state index contributed by atoms with van der Waals surface area (Å²) in [6.07, 6.45) is 4.03. The van der Waals surface area contributed by atoms with Gasteiger partial charge in [-0.15, -0.1) is 0 Å². The number of hydrogen-bond donors (Lipinski definition) is 0. The highest BCUT2D eigenvalue weighted by Crippen LogP contribution is 2.58. The molecule has 1 unspecified atom stereocenters. The zero-order valence-corrected chi connectivity index (χ0v) is 12.3. The van der Waals surface area contributed by atoms with Crippen molar-refractivity contribution in [2.24, 2.45) is 17.8 Å². The molecular formula is C16H22F2O3. The summed E-state index contributed by atoms with van der Waals surface area (Å²) in [5.74, 6) is -1.32. The normalized spacial score (nSPS) is 40.1. The fourth-order valence-corrected chi connectivity index (χ4v) is 4.94. The van der Waals surface area contributed by atoms with Gasteiger partial charge < -0.3 is 9.47 Å². The van der Waals surface area contributed by atoms with Gasteiger partial charge in [0, 0.05) is 13.0 Å². The standard InChI is InChI=1S/C16H22F2O3/c1-3-13(19)20-15(2,14(17)18)21-16-7-10-4-11(8-16)6-12(5-10)9-16/h3,10-12,14H,1,4-9H2,2H3. The van der Waals surface area contributed by atoms with Crippen molar-refractivity contribution in [1.82, 2.24) is 0 Å². The van der Waals surface area contributed by atoms with E-state index in [1.807, 2.05) is 0 Å². The zero-order valence-electron chi connectivity index (χ0n) is 12.3. The first kappa shape index (κ1) is 14.9. The number of carbonyl (C=O) groups excluding carboxylic acids is 1. The summed E-state index contributed by atoms with van der Waals surface area (Å²) in [6.45, 7) is 4.42. The van der Waals surface area contributed by atoms with E-state index in [0.29, 0.717) is 17.8 Å². The zero-order chi connectivity index (χ0) is 15.3. The summed E-state index contributed by atoms with van der Waals surface area (Å²) in [6, 6.07) is 0. The van der Waals surface area contributed by atoms with E-state index < -0.39 is 23.8 Å². The highest BCUT2D eigenvalue weighted by Gasteiger charge is 2.56. The molecule has 3 nitrogen and oxygen atoms in total. The molecule has 0 aromatic heterocycles. The molecule has 4 aliphatic carbocycles. The molecule has 5 heteroatoms. The molecule has 0 saturated heterocycles. The number of esters is 1. The molecule has 0 heterocycles. The quantitative estimate of drug-likeness (QED) is 0.441. The van der Waals surface area contributed by atoms with Crippen molar-refractivity contribution < 1.29 is 23.0 Å². The molecule has 0 aromatic carbocycles. The highest BCUT2D eigenvalue weighted by molar-refractivity contribution is 5.81. The third-order valence-corrected chi connectivity index (χ3v) is 5.27. The van der Waals surface area contributed by atoms with E-state index in [4.69, 9.17) is 9.47 Å². The molecule has 0 radical (unpaired) electrons. The Balaban J connectivity index is 1.79. The van der Waals surface area contributed by atoms with Gasteiger partial charge >= 0.3 is 12.4 Å². The smallest absolute Gasteiger partial charge is 0.332 e. The lowest BCUT2D eigenvalue weighted by Gasteiger charge is -2.57. The summed E-state index contributed by atoms with van der Waals surface area (Å²) in [5, 5.41) is 0. The molecule has 21 heavy (non-hydrogen) atoms. The Hall–Kier alpha value is -0.970. The van der Waals surface area contributed by atoms with Gasteiger partial charge in [0.15, 0.2) is 0 Å². The molecule has 0 spiro atoms. The van der Waals surface area contributed by atoms with E-state index in [-0.39, 0.29) is 0 Å². The van der Waals surface area contributed by atoms with Crippen LogP contribution in [0.1, 0.15) is 45.4 Å². The van der Waals surface area contributed by atoms with E-state index in [9.17, 15) is 13.6 Å². The largest absolute Gasteiger partial charge is 0.424 e. The molecule has 4 saturated carbocycles. The predicted octanol–water partition coefficient (Wildman–Crippen LogP) is 3.68. The van der Waals surface area contributed by atoms with Gasteiger partial charge in [-0.3, -0.25) is 0 Å². The molecule has 0 aliphatic heterocycles. The van der Waals surface area contributed by atoms with Gasteiger partial charge in [0.25, 0.3) is 5.79 Å². The van der Waals surface area contributed by atoms with Gasteiger partial charge in [-0.05, 0) is 56.3 Å². The van der Waals surface area contributed by atoms with Crippen molar-refractivity contribution in [2.75, 3.05) is 0 Å². The maximum absolute atomic E-state index is 13.4. The number of carbonyl (C=O) groups is 1. The van der Waals surface area contributed by atoms with E-state index >= 15 is 0 Å². The van der Waals surface area contributed by atoms with Crippen LogP contribution in [0.5, 0.6) is 0 Å². The van der Waals surface area contributed by atoms with Crippen LogP contribution in [0.4, 0.5) is 8.78 Å². The lowest BCUT2D eigenvalue weighted by atomic mass is 9.54. The van der Waals surface area contributed by atoms with Crippen LogP contribution in [0, 0.1) is 17.8 Å². The third kappa shape index (κ3) is 2.72. The van der Waals surface area contributed by atoms with Gasteiger partial charge in [-0.1, -0.05) is 6.58 Å². The van der Waals surface area contributed by atoms with E-state index in [1.165, 1.54) is 19.3 Å². The van der Waals surface area contributed by atoms with Crippen LogP contribution in [0.2, 0.25) is 0 Å². The molecule has 4 bridgehead atoms. The molecule has 0 amide bonds. The monoisotopic (exact) mass is 300 g/mol. The molecule has 0 aromatic rings. The Morgan fingerprint density at radius 1 is 1.24 bits per heavy atom. The Labute approximate surface area is 123 Å². The fraction of sp³-hybridized carbons (Fsp3) is 0.812. The topological polar surface area (TPSA) is 35.5 Å². The first-order valence-corrected chi connectivity index (χ1v) is 7.68. The molecule has 4 aliphatic rings. The van der Waals surface area contributed by atoms with Crippen LogP contribution < -0.4 is 0 Å². The molecule has 118 valence electrons. The number of halogens is 2. The number of ether oxygens (including phenoxy) is 2. The Morgan fingerprint density at radius 3 is 2.10 bits per heavy atom. The second-order valence-electron chi connectivity index (χ2n) is 7.14. The van der Waals surface area contributed by atoms with Crippen LogP contribution in [-0.4, -0.2) is 23.8 Å². The maximum Gasteiger partial charge on any atom is 0.332 e. The number of rotatable bonds is 5. The van der Waals surface area contributed by atoms with Crippen LogP contribution in [-0.2, 0) is 14.3 Å². The lowest BCUT2D eigenvalue weighted by molar-refractivity contribution is -0.332. The minimum atomic E-state index is -2.88. The summed E-state index contributed by atoms with van der Waals surface area (Å²) in [4.78, 5) is 11.4. The summed E-state index contributed by atoms with van der Waals surface area (Å²) in [7, 11) is 0. The second-order valence-corrected chi connectivity index (χ2v) is 7.14. The predicted molar refractivity (Wildman–Crippen MR) is 72.7 cm³/mol.